The third kappa shape index (κ3) is 6.82. The number of carbonyl (C=O) groups excluding carboxylic acids is 1. The Morgan fingerprint density at radius 2 is 1.89 bits per heavy atom. The highest BCUT2D eigenvalue weighted by molar-refractivity contribution is 8.03. The second-order valence-corrected chi connectivity index (χ2v) is 9.03. The van der Waals surface area contributed by atoms with E-state index in [9.17, 15) is 4.79 Å². The monoisotopic (exact) mass is 414 g/mol. The molecule has 0 radical (unpaired) electrons. The molecule has 0 atom stereocenters. The number of hydrogen-bond acceptors (Lipinski definition) is 7. The first-order valence-corrected chi connectivity index (χ1v) is 11.0. The van der Waals surface area contributed by atoms with Crippen LogP contribution in [0.5, 0.6) is 0 Å². The van der Waals surface area contributed by atoms with E-state index in [1.165, 1.54) is 28.7 Å². The van der Waals surface area contributed by atoms with E-state index in [1.54, 1.807) is 18.0 Å². The van der Waals surface area contributed by atoms with Gasteiger partial charge in [-0.3, -0.25) is 4.79 Å². The van der Waals surface area contributed by atoms with Gasteiger partial charge in [-0.25, -0.2) is 5.43 Å². The van der Waals surface area contributed by atoms with Gasteiger partial charge >= 0.3 is 0 Å². The van der Waals surface area contributed by atoms with Crippen LogP contribution < -0.4 is 5.43 Å². The number of aryl methyl sites for hydroxylation is 1. The lowest BCUT2D eigenvalue weighted by atomic mass is 10.2. The number of nitrogens with one attached hydrogen (secondary N) is 1. The van der Waals surface area contributed by atoms with Crippen LogP contribution in [0.3, 0.4) is 0 Å². The number of benzene rings is 2. The molecule has 2 aromatic carbocycles. The Kier molecular flexibility index (Phi) is 7.44. The Balaban J connectivity index is 1.40. The average Bonchev–Trinajstić information content (AvgIpc) is 3.14. The Morgan fingerprint density at radius 3 is 2.67 bits per heavy atom. The summed E-state index contributed by atoms with van der Waals surface area (Å²) in [5, 5.41) is 12.3. The topological polar surface area (TPSA) is 67.2 Å². The molecule has 0 fully saturated rings. The fourth-order valence-corrected chi connectivity index (χ4v) is 4.89. The second-order valence-electron chi connectivity index (χ2n) is 5.60. The molecule has 3 aromatic rings. The SMILES string of the molecule is Cc1cccc(/C=N\NC(=O)CSc2nnc(SCc3ccccc3)s2)c1. The van der Waals surface area contributed by atoms with Gasteiger partial charge in [-0.2, -0.15) is 5.10 Å². The van der Waals surface area contributed by atoms with E-state index in [1.807, 2.05) is 49.4 Å². The summed E-state index contributed by atoms with van der Waals surface area (Å²) in [5.41, 5.74) is 5.89. The minimum absolute atomic E-state index is 0.169. The van der Waals surface area contributed by atoms with E-state index in [0.717, 1.165) is 25.6 Å². The summed E-state index contributed by atoms with van der Waals surface area (Å²) in [6, 6.07) is 18.1. The van der Waals surface area contributed by atoms with Crippen molar-refractivity contribution < 1.29 is 4.79 Å². The van der Waals surface area contributed by atoms with E-state index in [0.29, 0.717) is 0 Å². The van der Waals surface area contributed by atoms with Gasteiger partial charge in [-0.1, -0.05) is 95.0 Å². The van der Waals surface area contributed by atoms with Gasteiger partial charge in [0.05, 0.1) is 12.0 Å². The third-order valence-electron chi connectivity index (χ3n) is 3.36. The van der Waals surface area contributed by atoms with Crippen molar-refractivity contribution in [2.45, 2.75) is 21.4 Å². The average molecular weight is 415 g/mol. The summed E-state index contributed by atoms with van der Waals surface area (Å²) in [6.07, 6.45) is 1.64. The largest absolute Gasteiger partial charge is 0.272 e. The highest BCUT2D eigenvalue weighted by Gasteiger charge is 2.08. The first-order chi connectivity index (χ1) is 13.2. The molecule has 8 heteroatoms. The van der Waals surface area contributed by atoms with Gasteiger partial charge in [0.1, 0.15) is 0 Å². The highest BCUT2D eigenvalue weighted by Crippen LogP contribution is 2.30. The molecule has 27 heavy (non-hydrogen) atoms. The van der Waals surface area contributed by atoms with Gasteiger partial charge in [-0.05, 0) is 18.1 Å². The summed E-state index contributed by atoms with van der Waals surface area (Å²) in [5.74, 6) is 0.940. The van der Waals surface area contributed by atoms with Gasteiger partial charge in [0.15, 0.2) is 8.68 Å². The van der Waals surface area contributed by atoms with Crippen LogP contribution in [-0.4, -0.2) is 28.1 Å². The minimum atomic E-state index is -0.169. The molecular weight excluding hydrogens is 396 g/mol. The molecular formula is C19H18N4OS3. The fourth-order valence-electron chi connectivity index (χ4n) is 2.12. The Labute approximate surface area is 170 Å². The zero-order valence-electron chi connectivity index (χ0n) is 14.7. The molecule has 5 nitrogen and oxygen atoms in total. The van der Waals surface area contributed by atoms with Gasteiger partial charge < -0.3 is 0 Å². The standard InChI is InChI=1S/C19H18N4OS3/c1-14-6-5-9-16(10-14)11-20-21-17(24)13-26-19-23-22-18(27-19)25-12-15-7-3-2-4-8-15/h2-11H,12-13H2,1H3,(H,21,24)/b20-11-. The van der Waals surface area contributed by atoms with Crippen LogP contribution in [0.4, 0.5) is 0 Å². The van der Waals surface area contributed by atoms with Crippen LogP contribution in [0.2, 0.25) is 0 Å². The quantitative estimate of drug-likeness (QED) is 0.337. The number of carbonyl (C=O) groups is 1. The molecule has 0 saturated heterocycles. The molecule has 0 bridgehead atoms. The van der Waals surface area contributed by atoms with E-state index >= 15 is 0 Å². The van der Waals surface area contributed by atoms with Crippen LogP contribution in [0.1, 0.15) is 16.7 Å². The van der Waals surface area contributed by atoms with E-state index in [-0.39, 0.29) is 11.7 Å². The third-order valence-corrected chi connectivity index (χ3v) is 6.63. The smallest absolute Gasteiger partial charge is 0.250 e. The van der Waals surface area contributed by atoms with Crippen molar-refractivity contribution in [3.63, 3.8) is 0 Å². The van der Waals surface area contributed by atoms with Crippen molar-refractivity contribution in [1.29, 1.82) is 0 Å². The number of amides is 1. The van der Waals surface area contributed by atoms with Gasteiger partial charge in [0, 0.05) is 5.75 Å². The number of rotatable bonds is 8. The maximum Gasteiger partial charge on any atom is 0.250 e. The van der Waals surface area contributed by atoms with Gasteiger partial charge in [0.2, 0.25) is 0 Å². The summed E-state index contributed by atoms with van der Waals surface area (Å²) in [7, 11) is 0. The molecule has 3 rings (SSSR count). The van der Waals surface area contributed by atoms with Crippen molar-refractivity contribution >= 4 is 47.0 Å². The molecule has 0 aliphatic carbocycles. The van der Waals surface area contributed by atoms with Crippen molar-refractivity contribution in [1.82, 2.24) is 15.6 Å². The predicted octanol–water partition coefficient (Wildman–Crippen LogP) is 4.38. The maximum atomic E-state index is 11.9. The first-order valence-electron chi connectivity index (χ1n) is 8.20. The number of hydrogen-bond donors (Lipinski definition) is 1. The summed E-state index contributed by atoms with van der Waals surface area (Å²) in [4.78, 5) is 11.9. The lowest BCUT2D eigenvalue weighted by molar-refractivity contribution is -0.118. The van der Waals surface area contributed by atoms with Crippen LogP contribution in [-0.2, 0) is 10.5 Å². The predicted molar refractivity (Wildman–Crippen MR) is 114 cm³/mol. The molecule has 1 amide bonds. The van der Waals surface area contributed by atoms with Crippen LogP contribution in [0, 0.1) is 6.92 Å². The summed E-state index contributed by atoms with van der Waals surface area (Å²) in [6.45, 7) is 2.01. The summed E-state index contributed by atoms with van der Waals surface area (Å²) >= 11 is 4.52. The van der Waals surface area contributed by atoms with Crippen molar-refractivity contribution in [2.75, 3.05) is 5.75 Å². The number of hydrazone groups is 1. The van der Waals surface area contributed by atoms with E-state index in [4.69, 9.17) is 0 Å². The zero-order chi connectivity index (χ0) is 18.9. The first kappa shape index (κ1) is 19.6. The molecule has 1 N–H and O–H groups in total. The number of thioether (sulfide) groups is 2. The van der Waals surface area contributed by atoms with E-state index in [2.05, 4.69) is 32.9 Å². The van der Waals surface area contributed by atoms with E-state index < -0.39 is 0 Å². The lowest BCUT2D eigenvalue weighted by Gasteiger charge is -1.98. The van der Waals surface area contributed by atoms with Crippen molar-refractivity contribution in [3.05, 3.63) is 71.3 Å². The highest BCUT2D eigenvalue weighted by atomic mass is 32.2. The maximum absolute atomic E-state index is 11.9. The number of aromatic nitrogens is 2. The molecule has 1 heterocycles. The fraction of sp³-hybridized carbons (Fsp3) is 0.158. The van der Waals surface area contributed by atoms with Crippen LogP contribution in [0.25, 0.3) is 0 Å². The Bertz CT molecular complexity index is 912. The molecule has 0 spiro atoms. The van der Waals surface area contributed by atoms with Gasteiger partial charge in [0.25, 0.3) is 5.91 Å². The number of nitrogens with zero attached hydrogens (tertiary/aromatic N) is 3. The molecule has 0 saturated carbocycles. The normalized spacial score (nSPS) is 11.0. The molecule has 0 unspecified atom stereocenters. The molecule has 0 aliphatic rings. The molecule has 138 valence electrons. The van der Waals surface area contributed by atoms with Crippen LogP contribution >= 0.6 is 34.9 Å². The van der Waals surface area contributed by atoms with Crippen molar-refractivity contribution in [2.24, 2.45) is 5.10 Å². The van der Waals surface area contributed by atoms with Crippen molar-refractivity contribution in [3.8, 4) is 0 Å². The second kappa shape index (κ2) is 10.2. The molecule has 1 aromatic heterocycles. The van der Waals surface area contributed by atoms with Crippen LogP contribution in [0.15, 0.2) is 68.4 Å². The summed E-state index contributed by atoms with van der Waals surface area (Å²) < 4.78 is 1.68. The van der Waals surface area contributed by atoms with Gasteiger partial charge in [-0.15, -0.1) is 10.2 Å². The molecule has 0 aliphatic heterocycles. The zero-order valence-corrected chi connectivity index (χ0v) is 17.1. The lowest BCUT2D eigenvalue weighted by Crippen LogP contribution is -2.19. The minimum Gasteiger partial charge on any atom is -0.272 e. The Morgan fingerprint density at radius 1 is 1.11 bits per heavy atom. The Hall–Kier alpha value is -2.16.